The Hall–Kier alpha value is -1.26. The van der Waals surface area contributed by atoms with E-state index in [2.05, 4.69) is 5.32 Å². The topological polar surface area (TPSA) is 64.6 Å². The lowest BCUT2D eigenvalue weighted by molar-refractivity contribution is -0.155. The minimum atomic E-state index is -0.649. The van der Waals surface area contributed by atoms with E-state index in [1.54, 1.807) is 0 Å². The van der Waals surface area contributed by atoms with Gasteiger partial charge in [0.1, 0.15) is 5.60 Å². The minimum absolute atomic E-state index is 0.191. The van der Waals surface area contributed by atoms with Crippen molar-refractivity contribution in [2.45, 2.75) is 58.6 Å². The first-order valence-corrected chi connectivity index (χ1v) is 7.25. The van der Waals surface area contributed by atoms with Crippen LogP contribution in [0, 0.1) is 17.3 Å². The van der Waals surface area contributed by atoms with Crippen LogP contribution in [-0.4, -0.2) is 30.8 Å². The third-order valence-corrected chi connectivity index (χ3v) is 4.45. The van der Waals surface area contributed by atoms with Gasteiger partial charge in [-0.3, -0.25) is 4.79 Å². The van der Waals surface area contributed by atoms with Crippen LogP contribution >= 0.6 is 0 Å². The Morgan fingerprint density at radius 2 is 1.95 bits per heavy atom. The fraction of sp³-hybridized carbons (Fsp3) is 0.867. The van der Waals surface area contributed by atoms with Crippen LogP contribution in [0.25, 0.3) is 0 Å². The number of carbonyl (C=O) groups is 2. The maximum atomic E-state index is 12.1. The summed E-state index contributed by atoms with van der Waals surface area (Å²) < 4.78 is 10.3. The summed E-state index contributed by atoms with van der Waals surface area (Å²) in [6, 6.07) is -0.191. The van der Waals surface area contributed by atoms with Crippen LogP contribution in [0.15, 0.2) is 0 Å². The van der Waals surface area contributed by atoms with Gasteiger partial charge in [0.25, 0.3) is 0 Å². The van der Waals surface area contributed by atoms with Crippen molar-refractivity contribution in [1.82, 2.24) is 5.32 Å². The van der Waals surface area contributed by atoms with E-state index in [9.17, 15) is 9.59 Å². The number of amides is 1. The summed E-state index contributed by atoms with van der Waals surface area (Å²) in [6.07, 6.45) is 2.40. The van der Waals surface area contributed by atoms with E-state index in [4.69, 9.17) is 9.47 Å². The largest absolute Gasteiger partial charge is 0.469 e. The summed E-state index contributed by atoms with van der Waals surface area (Å²) in [5.74, 6) is 0.761. The molecule has 0 spiro atoms. The molecule has 0 aromatic carbocycles. The summed E-state index contributed by atoms with van der Waals surface area (Å²) >= 11 is 0. The third kappa shape index (κ3) is 2.91. The molecule has 1 N–H and O–H groups in total. The molecule has 20 heavy (non-hydrogen) atoms. The molecule has 2 fully saturated rings. The number of esters is 1. The van der Waals surface area contributed by atoms with Gasteiger partial charge < -0.3 is 14.8 Å². The van der Waals surface area contributed by atoms with E-state index >= 15 is 0 Å². The van der Waals surface area contributed by atoms with E-state index in [0.717, 1.165) is 19.3 Å². The Labute approximate surface area is 120 Å². The lowest BCUT2D eigenvalue weighted by Crippen LogP contribution is -2.54. The highest BCUT2D eigenvalue weighted by molar-refractivity contribution is 5.79. The number of nitrogens with one attached hydrogen (secondary N) is 1. The zero-order valence-electron chi connectivity index (χ0n) is 13.0. The van der Waals surface area contributed by atoms with Gasteiger partial charge in [-0.05, 0) is 58.8 Å². The maximum Gasteiger partial charge on any atom is 0.407 e. The molecule has 2 rings (SSSR count). The van der Waals surface area contributed by atoms with Gasteiger partial charge in [0.2, 0.25) is 0 Å². The van der Waals surface area contributed by atoms with Crippen molar-refractivity contribution in [2.75, 3.05) is 7.11 Å². The van der Waals surface area contributed by atoms with Crippen LogP contribution in [0.1, 0.15) is 47.0 Å². The summed E-state index contributed by atoms with van der Waals surface area (Å²) in [6.45, 7) is 7.36. The fourth-order valence-electron chi connectivity index (χ4n) is 3.29. The van der Waals surface area contributed by atoms with Gasteiger partial charge >= 0.3 is 12.1 Å². The Balaban J connectivity index is 2.10. The number of hydrogen-bond donors (Lipinski definition) is 1. The Morgan fingerprint density at radius 1 is 1.30 bits per heavy atom. The zero-order chi connectivity index (χ0) is 15.1. The molecule has 0 heterocycles. The van der Waals surface area contributed by atoms with Crippen molar-refractivity contribution in [2.24, 2.45) is 17.3 Å². The molecule has 0 saturated heterocycles. The highest BCUT2D eigenvalue weighted by Gasteiger charge is 2.58. The van der Waals surface area contributed by atoms with Gasteiger partial charge in [0.15, 0.2) is 0 Å². The fourth-order valence-corrected chi connectivity index (χ4v) is 3.29. The molecule has 4 atom stereocenters. The van der Waals surface area contributed by atoms with Crippen LogP contribution in [0.3, 0.4) is 0 Å². The normalized spacial score (nSPS) is 35.8. The van der Waals surface area contributed by atoms with Crippen molar-refractivity contribution in [1.29, 1.82) is 0 Å². The highest BCUT2D eigenvalue weighted by Crippen LogP contribution is 2.56. The molecule has 5 nitrogen and oxygen atoms in total. The van der Waals surface area contributed by atoms with Gasteiger partial charge in [-0.1, -0.05) is 0 Å². The molecule has 0 aromatic heterocycles. The molecular formula is C15H25NO4. The first-order chi connectivity index (χ1) is 9.17. The van der Waals surface area contributed by atoms with Gasteiger partial charge in [0, 0.05) is 0 Å². The minimum Gasteiger partial charge on any atom is -0.469 e. The molecule has 0 bridgehead atoms. The average molecular weight is 283 g/mol. The monoisotopic (exact) mass is 283 g/mol. The highest BCUT2D eigenvalue weighted by atomic mass is 16.6. The number of hydrogen-bond acceptors (Lipinski definition) is 4. The van der Waals surface area contributed by atoms with E-state index in [-0.39, 0.29) is 12.0 Å². The van der Waals surface area contributed by atoms with Gasteiger partial charge in [0.05, 0.1) is 18.6 Å². The lowest BCUT2D eigenvalue weighted by atomic mass is 9.71. The number of fused-ring (bicyclic) bond motifs is 1. The molecule has 2 aliphatic rings. The van der Waals surface area contributed by atoms with E-state index < -0.39 is 17.1 Å². The number of carbonyl (C=O) groups excluding carboxylic acids is 2. The Morgan fingerprint density at radius 3 is 2.50 bits per heavy atom. The van der Waals surface area contributed by atoms with Crippen molar-refractivity contribution in [3.8, 4) is 0 Å². The van der Waals surface area contributed by atoms with E-state index in [1.165, 1.54) is 7.11 Å². The molecule has 1 amide bonds. The van der Waals surface area contributed by atoms with Crippen LogP contribution in [0.2, 0.25) is 0 Å². The first-order valence-electron chi connectivity index (χ1n) is 7.25. The number of alkyl carbamates (subject to hydrolysis) is 1. The molecule has 2 aliphatic carbocycles. The SMILES string of the molecule is COC(=O)[C@]1(C)CC[C@@H]2C[C@@H]2[C@H]1NC(=O)OC(C)(C)C. The quantitative estimate of drug-likeness (QED) is 0.791. The summed E-state index contributed by atoms with van der Waals surface area (Å²) in [5.41, 5.74) is -1.19. The van der Waals surface area contributed by atoms with Crippen LogP contribution in [-0.2, 0) is 14.3 Å². The Kier molecular flexibility index (Phi) is 3.73. The van der Waals surface area contributed by atoms with E-state index in [1.807, 2.05) is 27.7 Å². The van der Waals surface area contributed by atoms with Crippen LogP contribution in [0.5, 0.6) is 0 Å². The number of methoxy groups -OCH3 is 1. The molecule has 0 aromatic rings. The smallest absolute Gasteiger partial charge is 0.407 e. The predicted molar refractivity (Wildman–Crippen MR) is 74.1 cm³/mol. The second-order valence-corrected chi connectivity index (χ2v) is 7.23. The number of rotatable bonds is 2. The van der Waals surface area contributed by atoms with Crippen LogP contribution in [0.4, 0.5) is 4.79 Å². The number of ether oxygens (including phenoxy) is 2. The second kappa shape index (κ2) is 4.93. The standard InChI is InChI=1S/C15H25NO4/c1-14(2,3)20-13(18)16-11-10-8-9(10)6-7-15(11,4)12(17)19-5/h9-11H,6-8H2,1-5H3,(H,16,18)/t9-,10+,11-,15-/m1/s1. The zero-order valence-corrected chi connectivity index (χ0v) is 13.0. The second-order valence-electron chi connectivity index (χ2n) is 7.23. The summed E-state index contributed by atoms with van der Waals surface area (Å²) in [7, 11) is 1.40. The molecule has 2 saturated carbocycles. The molecule has 0 unspecified atom stereocenters. The van der Waals surface area contributed by atoms with Crippen molar-refractivity contribution in [3.63, 3.8) is 0 Å². The van der Waals surface area contributed by atoms with Gasteiger partial charge in [-0.2, -0.15) is 0 Å². The molecule has 114 valence electrons. The third-order valence-electron chi connectivity index (χ3n) is 4.45. The summed E-state index contributed by atoms with van der Waals surface area (Å²) in [5, 5.41) is 2.91. The molecular weight excluding hydrogens is 258 g/mol. The Bertz CT molecular complexity index is 415. The van der Waals surface area contributed by atoms with E-state index in [0.29, 0.717) is 11.8 Å². The van der Waals surface area contributed by atoms with Crippen LogP contribution < -0.4 is 5.32 Å². The maximum absolute atomic E-state index is 12.1. The molecule has 5 heteroatoms. The van der Waals surface area contributed by atoms with Crippen molar-refractivity contribution < 1.29 is 19.1 Å². The molecule has 0 aliphatic heterocycles. The van der Waals surface area contributed by atoms with Gasteiger partial charge in [-0.15, -0.1) is 0 Å². The summed E-state index contributed by atoms with van der Waals surface area (Å²) in [4.78, 5) is 24.1. The van der Waals surface area contributed by atoms with Crippen molar-refractivity contribution in [3.05, 3.63) is 0 Å². The van der Waals surface area contributed by atoms with Crippen molar-refractivity contribution >= 4 is 12.1 Å². The predicted octanol–water partition coefficient (Wildman–Crippen LogP) is 2.49. The average Bonchev–Trinajstić information content (AvgIpc) is 3.09. The lowest BCUT2D eigenvalue weighted by Gasteiger charge is -2.39. The molecule has 0 radical (unpaired) electrons. The van der Waals surface area contributed by atoms with Gasteiger partial charge in [-0.25, -0.2) is 4.79 Å². The first kappa shape index (κ1) is 15.1.